The Morgan fingerprint density at radius 1 is 1.04 bits per heavy atom. The molecule has 2 amide bonds. The van der Waals surface area contributed by atoms with Crippen LogP contribution < -0.4 is 24.8 Å². The van der Waals surface area contributed by atoms with Gasteiger partial charge in [0.15, 0.2) is 11.5 Å². The summed E-state index contributed by atoms with van der Waals surface area (Å²) in [5, 5.41) is 5.82. The highest BCUT2D eigenvalue weighted by Crippen LogP contribution is 2.28. The molecule has 0 saturated heterocycles. The van der Waals surface area contributed by atoms with Crippen molar-refractivity contribution in [2.24, 2.45) is 0 Å². The Bertz CT molecular complexity index is 777. The largest absolute Gasteiger partial charge is 0.494 e. The number of hydrogen-bond acceptors (Lipinski definition) is 4. The van der Waals surface area contributed by atoms with E-state index in [1.54, 1.807) is 14.2 Å². The summed E-state index contributed by atoms with van der Waals surface area (Å²) in [5.74, 6) is 2.07. The number of carbonyl (C=O) groups is 1. The number of rotatable bonds is 8. The van der Waals surface area contributed by atoms with Gasteiger partial charge in [-0.2, -0.15) is 0 Å². The molecule has 6 nitrogen and oxygen atoms in total. The van der Waals surface area contributed by atoms with Crippen LogP contribution in [0, 0.1) is 6.92 Å². The van der Waals surface area contributed by atoms with Crippen LogP contribution in [0.4, 0.5) is 4.79 Å². The van der Waals surface area contributed by atoms with Gasteiger partial charge in [-0.25, -0.2) is 4.79 Å². The van der Waals surface area contributed by atoms with Gasteiger partial charge in [-0.1, -0.05) is 23.8 Å². The summed E-state index contributed by atoms with van der Waals surface area (Å²) in [6.45, 7) is 6.85. The molecule has 2 N–H and O–H groups in total. The molecule has 0 saturated carbocycles. The minimum absolute atomic E-state index is 0.183. The lowest BCUT2D eigenvalue weighted by Gasteiger charge is -2.19. The lowest BCUT2D eigenvalue weighted by molar-refractivity contribution is 0.237. The monoisotopic (exact) mass is 372 g/mol. The number of ether oxygens (including phenoxy) is 3. The Kier molecular flexibility index (Phi) is 7.34. The summed E-state index contributed by atoms with van der Waals surface area (Å²) in [6, 6.07) is 11.1. The molecule has 0 aromatic heterocycles. The van der Waals surface area contributed by atoms with Gasteiger partial charge >= 0.3 is 6.03 Å². The number of benzene rings is 2. The summed E-state index contributed by atoms with van der Waals surface area (Å²) < 4.78 is 16.2. The van der Waals surface area contributed by atoms with Crippen molar-refractivity contribution in [1.29, 1.82) is 0 Å². The minimum atomic E-state index is -0.249. The zero-order chi connectivity index (χ0) is 19.8. The lowest BCUT2D eigenvalue weighted by Crippen LogP contribution is -2.36. The third-order valence-corrected chi connectivity index (χ3v) is 4.18. The number of nitrogens with one attached hydrogen (secondary N) is 2. The van der Waals surface area contributed by atoms with Crippen LogP contribution in [0.15, 0.2) is 36.4 Å². The zero-order valence-electron chi connectivity index (χ0n) is 16.6. The summed E-state index contributed by atoms with van der Waals surface area (Å²) in [5.41, 5.74) is 2.99. The van der Waals surface area contributed by atoms with Crippen molar-refractivity contribution in [3.63, 3.8) is 0 Å². The molecule has 0 spiro atoms. The van der Waals surface area contributed by atoms with Crippen molar-refractivity contribution >= 4 is 6.03 Å². The summed E-state index contributed by atoms with van der Waals surface area (Å²) in [6.07, 6.45) is 0. The molecule has 0 aliphatic rings. The molecular weight excluding hydrogens is 344 g/mol. The molecule has 27 heavy (non-hydrogen) atoms. The van der Waals surface area contributed by atoms with Crippen LogP contribution in [0.5, 0.6) is 17.2 Å². The van der Waals surface area contributed by atoms with Crippen LogP contribution in [0.2, 0.25) is 0 Å². The second kappa shape index (κ2) is 9.71. The predicted octanol–water partition coefficient (Wildman–Crippen LogP) is 3.97. The van der Waals surface area contributed by atoms with Crippen molar-refractivity contribution in [3.8, 4) is 17.2 Å². The smallest absolute Gasteiger partial charge is 0.315 e. The average molecular weight is 372 g/mol. The van der Waals surface area contributed by atoms with Crippen molar-refractivity contribution in [2.45, 2.75) is 33.4 Å². The van der Waals surface area contributed by atoms with Gasteiger partial charge in [0.1, 0.15) is 5.75 Å². The minimum Gasteiger partial charge on any atom is -0.494 e. The summed E-state index contributed by atoms with van der Waals surface area (Å²) in [7, 11) is 3.17. The maximum Gasteiger partial charge on any atom is 0.315 e. The molecule has 6 heteroatoms. The van der Waals surface area contributed by atoms with Crippen LogP contribution in [-0.2, 0) is 6.54 Å². The third kappa shape index (κ3) is 5.54. The van der Waals surface area contributed by atoms with Crippen LogP contribution in [0.3, 0.4) is 0 Å². The first-order valence-electron chi connectivity index (χ1n) is 8.97. The zero-order valence-corrected chi connectivity index (χ0v) is 16.6. The first-order chi connectivity index (χ1) is 13.0. The second-order valence-corrected chi connectivity index (χ2v) is 6.21. The second-order valence-electron chi connectivity index (χ2n) is 6.21. The van der Waals surface area contributed by atoms with Crippen LogP contribution in [-0.4, -0.2) is 26.9 Å². The van der Waals surface area contributed by atoms with E-state index in [1.165, 1.54) is 0 Å². The molecule has 0 heterocycles. The van der Waals surface area contributed by atoms with Crippen molar-refractivity contribution in [1.82, 2.24) is 10.6 Å². The Morgan fingerprint density at radius 3 is 2.41 bits per heavy atom. The fourth-order valence-electron chi connectivity index (χ4n) is 2.79. The highest BCUT2D eigenvalue weighted by molar-refractivity contribution is 5.74. The van der Waals surface area contributed by atoms with E-state index >= 15 is 0 Å². The molecule has 2 aromatic carbocycles. The van der Waals surface area contributed by atoms with E-state index in [9.17, 15) is 4.79 Å². The maximum absolute atomic E-state index is 12.3. The van der Waals surface area contributed by atoms with Gasteiger partial charge in [-0.15, -0.1) is 0 Å². The molecule has 2 aromatic rings. The van der Waals surface area contributed by atoms with Crippen LogP contribution >= 0.6 is 0 Å². The van der Waals surface area contributed by atoms with Gasteiger partial charge in [0, 0.05) is 12.1 Å². The molecule has 0 aliphatic carbocycles. The third-order valence-electron chi connectivity index (χ3n) is 4.18. The van der Waals surface area contributed by atoms with Gasteiger partial charge in [0.25, 0.3) is 0 Å². The Balaban J connectivity index is 1.99. The number of carbonyl (C=O) groups excluding carboxylic acids is 1. The molecule has 1 unspecified atom stereocenters. The van der Waals surface area contributed by atoms with Crippen LogP contribution in [0.1, 0.15) is 36.6 Å². The number of hydrogen-bond donors (Lipinski definition) is 2. The van der Waals surface area contributed by atoms with Gasteiger partial charge in [0.05, 0.1) is 26.9 Å². The predicted molar refractivity (Wildman–Crippen MR) is 106 cm³/mol. The first kappa shape index (κ1) is 20.4. The Hall–Kier alpha value is -2.89. The lowest BCUT2D eigenvalue weighted by atomic mass is 10.0. The van der Waals surface area contributed by atoms with Gasteiger partial charge in [0.2, 0.25) is 0 Å². The average Bonchev–Trinajstić information content (AvgIpc) is 2.67. The first-order valence-corrected chi connectivity index (χ1v) is 8.97. The number of methoxy groups -OCH3 is 2. The topological polar surface area (TPSA) is 68.8 Å². The standard InChI is InChI=1S/C21H28N2O4/c1-6-27-18-9-7-14(2)11-17(18)15(3)23-21(24)22-13-16-8-10-19(25-4)20(12-16)26-5/h7-12,15H,6,13H2,1-5H3,(H2,22,23,24). The quantitative estimate of drug-likeness (QED) is 0.736. The van der Waals surface area contributed by atoms with E-state index in [4.69, 9.17) is 14.2 Å². The van der Waals surface area contributed by atoms with E-state index in [1.807, 2.05) is 57.2 Å². The maximum atomic E-state index is 12.3. The molecule has 1 atom stereocenters. The number of urea groups is 1. The number of aryl methyl sites for hydroxylation is 1. The normalized spacial score (nSPS) is 11.4. The summed E-state index contributed by atoms with van der Waals surface area (Å²) >= 11 is 0. The van der Waals surface area contributed by atoms with Crippen LogP contribution in [0.25, 0.3) is 0 Å². The highest BCUT2D eigenvalue weighted by Gasteiger charge is 2.15. The molecule has 0 aliphatic heterocycles. The molecule has 0 radical (unpaired) electrons. The van der Waals surface area contributed by atoms with Crippen molar-refractivity contribution in [3.05, 3.63) is 53.1 Å². The fourth-order valence-corrected chi connectivity index (χ4v) is 2.79. The highest BCUT2D eigenvalue weighted by atomic mass is 16.5. The molecular formula is C21H28N2O4. The molecule has 0 bridgehead atoms. The van der Waals surface area contributed by atoms with E-state index in [2.05, 4.69) is 10.6 Å². The Morgan fingerprint density at radius 2 is 1.74 bits per heavy atom. The van der Waals surface area contributed by atoms with Crippen molar-refractivity contribution < 1.29 is 19.0 Å². The summed E-state index contributed by atoms with van der Waals surface area (Å²) in [4.78, 5) is 12.3. The van der Waals surface area contributed by atoms with Gasteiger partial charge in [-0.3, -0.25) is 0 Å². The van der Waals surface area contributed by atoms with Gasteiger partial charge < -0.3 is 24.8 Å². The van der Waals surface area contributed by atoms with E-state index in [0.29, 0.717) is 24.7 Å². The molecule has 2 rings (SSSR count). The van der Waals surface area contributed by atoms with Gasteiger partial charge in [-0.05, 0) is 44.5 Å². The molecule has 146 valence electrons. The number of amides is 2. The van der Waals surface area contributed by atoms with E-state index < -0.39 is 0 Å². The van der Waals surface area contributed by atoms with E-state index in [0.717, 1.165) is 22.4 Å². The molecule has 0 fully saturated rings. The van der Waals surface area contributed by atoms with E-state index in [-0.39, 0.29) is 12.1 Å². The van der Waals surface area contributed by atoms with Crippen molar-refractivity contribution in [2.75, 3.05) is 20.8 Å². The Labute approximate surface area is 160 Å². The SMILES string of the molecule is CCOc1ccc(C)cc1C(C)NC(=O)NCc1ccc(OC)c(OC)c1. The fraction of sp³-hybridized carbons (Fsp3) is 0.381.